The first-order chi connectivity index (χ1) is 12.5. The van der Waals surface area contributed by atoms with Crippen LogP contribution in [0.25, 0.3) is 0 Å². The van der Waals surface area contributed by atoms with Crippen molar-refractivity contribution in [2.24, 2.45) is 0 Å². The molecule has 0 radical (unpaired) electrons. The van der Waals surface area contributed by atoms with E-state index in [-0.39, 0.29) is 35.4 Å². The van der Waals surface area contributed by atoms with Gasteiger partial charge in [0.25, 0.3) is 0 Å². The summed E-state index contributed by atoms with van der Waals surface area (Å²) >= 11 is 0. The predicted molar refractivity (Wildman–Crippen MR) is 104 cm³/mol. The molecule has 2 rings (SSSR count). The number of amides is 2. The van der Waals surface area contributed by atoms with E-state index in [1.54, 1.807) is 4.90 Å². The molecule has 1 aromatic rings. The number of hydrogen-bond donors (Lipinski definition) is 0. The standard InChI is InChI=1S/C21H33N2O4/c1-16-12-13-18(23(5,6)20(25)27-21(2,3)4)14-22(16)19(24)26-15-17-10-8-7-9-11-17/h7-11,16,18H,12-15H2,1-6H3/q+1. The van der Waals surface area contributed by atoms with Gasteiger partial charge in [0.1, 0.15) is 18.2 Å². The molecule has 0 saturated carbocycles. The molecule has 6 heteroatoms. The average molecular weight is 378 g/mol. The maximum Gasteiger partial charge on any atom is 0.516 e. The largest absolute Gasteiger partial charge is 0.516 e. The van der Waals surface area contributed by atoms with Crippen LogP contribution in [0.4, 0.5) is 9.59 Å². The van der Waals surface area contributed by atoms with E-state index in [9.17, 15) is 9.59 Å². The van der Waals surface area contributed by atoms with Crippen molar-refractivity contribution in [3.63, 3.8) is 0 Å². The molecule has 1 heterocycles. The normalized spacial score (nSPS) is 20.9. The lowest BCUT2D eigenvalue weighted by Gasteiger charge is -2.43. The summed E-state index contributed by atoms with van der Waals surface area (Å²) in [5.41, 5.74) is 0.417. The number of quaternary nitrogens is 1. The maximum atomic E-state index is 12.7. The Hall–Kier alpha value is -2.08. The molecule has 6 nitrogen and oxygen atoms in total. The van der Waals surface area contributed by atoms with Crippen molar-refractivity contribution in [2.75, 3.05) is 20.6 Å². The van der Waals surface area contributed by atoms with E-state index in [0.29, 0.717) is 6.54 Å². The van der Waals surface area contributed by atoms with Crippen LogP contribution in [0.1, 0.15) is 46.1 Å². The molecule has 0 spiro atoms. The lowest BCUT2D eigenvalue weighted by Crippen LogP contribution is -2.62. The lowest BCUT2D eigenvalue weighted by atomic mass is 9.98. The summed E-state index contributed by atoms with van der Waals surface area (Å²) in [5, 5.41) is 0. The van der Waals surface area contributed by atoms with Gasteiger partial charge in [0, 0.05) is 12.5 Å². The summed E-state index contributed by atoms with van der Waals surface area (Å²) in [7, 11) is 3.70. The summed E-state index contributed by atoms with van der Waals surface area (Å²) < 4.78 is 11.2. The van der Waals surface area contributed by atoms with E-state index >= 15 is 0 Å². The van der Waals surface area contributed by atoms with E-state index in [1.165, 1.54) is 0 Å². The highest BCUT2D eigenvalue weighted by atomic mass is 16.6. The third kappa shape index (κ3) is 5.70. The summed E-state index contributed by atoms with van der Waals surface area (Å²) in [6.07, 6.45) is 1.07. The molecule has 2 atom stereocenters. The molecule has 2 amide bonds. The van der Waals surface area contributed by atoms with Crippen LogP contribution >= 0.6 is 0 Å². The molecule has 1 aliphatic rings. The van der Waals surface area contributed by atoms with Gasteiger partial charge in [-0.1, -0.05) is 30.3 Å². The summed E-state index contributed by atoms with van der Waals surface area (Å²) in [6, 6.07) is 9.69. The Morgan fingerprint density at radius 1 is 1.15 bits per heavy atom. The van der Waals surface area contributed by atoms with E-state index in [2.05, 4.69) is 0 Å². The topological polar surface area (TPSA) is 55.8 Å². The molecule has 150 valence electrons. The van der Waals surface area contributed by atoms with Gasteiger partial charge < -0.3 is 9.47 Å². The number of benzene rings is 1. The fourth-order valence-electron chi connectivity index (χ4n) is 3.20. The van der Waals surface area contributed by atoms with Crippen LogP contribution in [-0.2, 0) is 16.1 Å². The predicted octanol–water partition coefficient (Wildman–Crippen LogP) is 4.19. The molecule has 27 heavy (non-hydrogen) atoms. The van der Waals surface area contributed by atoms with Crippen molar-refractivity contribution in [3.05, 3.63) is 35.9 Å². The molecule has 0 aromatic heterocycles. The van der Waals surface area contributed by atoms with Crippen LogP contribution in [0, 0.1) is 0 Å². The Morgan fingerprint density at radius 2 is 1.78 bits per heavy atom. The average Bonchev–Trinajstić information content (AvgIpc) is 2.59. The van der Waals surface area contributed by atoms with Gasteiger partial charge in [-0.15, -0.1) is 0 Å². The Labute approximate surface area is 162 Å². The summed E-state index contributed by atoms with van der Waals surface area (Å²) in [6.45, 7) is 8.33. The highest BCUT2D eigenvalue weighted by Crippen LogP contribution is 2.26. The van der Waals surface area contributed by atoms with Crippen LogP contribution < -0.4 is 0 Å². The van der Waals surface area contributed by atoms with Crippen molar-refractivity contribution in [3.8, 4) is 0 Å². The van der Waals surface area contributed by atoms with E-state index in [0.717, 1.165) is 18.4 Å². The number of rotatable bonds is 3. The zero-order chi connectivity index (χ0) is 20.2. The van der Waals surface area contributed by atoms with Crippen LogP contribution in [-0.4, -0.2) is 59.9 Å². The summed E-state index contributed by atoms with van der Waals surface area (Å²) in [5.74, 6) is 0. The molecular formula is C21H33N2O4+. The Bertz CT molecular complexity index is 652. The molecule has 0 N–H and O–H groups in total. The Balaban J connectivity index is 2.01. The first-order valence-corrected chi connectivity index (χ1v) is 9.55. The van der Waals surface area contributed by atoms with Crippen molar-refractivity contribution in [1.82, 2.24) is 4.90 Å². The van der Waals surface area contributed by atoms with Gasteiger partial charge in [-0.25, -0.2) is 9.28 Å². The number of likely N-dealkylation sites (N-methyl/N-ethyl adjacent to an activating group) is 1. The van der Waals surface area contributed by atoms with Crippen molar-refractivity contribution in [1.29, 1.82) is 0 Å². The molecular weight excluding hydrogens is 344 g/mol. The van der Waals surface area contributed by atoms with Gasteiger partial charge in [0.15, 0.2) is 0 Å². The highest BCUT2D eigenvalue weighted by molar-refractivity contribution is 5.68. The molecule has 1 saturated heterocycles. The van der Waals surface area contributed by atoms with Crippen LogP contribution in [0.2, 0.25) is 0 Å². The van der Waals surface area contributed by atoms with Gasteiger partial charge in [0.05, 0.1) is 20.6 Å². The first kappa shape index (κ1) is 21.2. The molecule has 0 bridgehead atoms. The molecule has 2 unspecified atom stereocenters. The van der Waals surface area contributed by atoms with Gasteiger partial charge in [-0.2, -0.15) is 4.79 Å². The number of hydrogen-bond acceptors (Lipinski definition) is 4. The third-order valence-electron chi connectivity index (χ3n) is 5.07. The Morgan fingerprint density at radius 3 is 2.37 bits per heavy atom. The second kappa shape index (κ2) is 8.30. The smallest absolute Gasteiger partial charge is 0.445 e. The molecule has 1 aliphatic heterocycles. The van der Waals surface area contributed by atoms with Gasteiger partial charge >= 0.3 is 12.2 Å². The lowest BCUT2D eigenvalue weighted by molar-refractivity contribution is -0.845. The monoisotopic (exact) mass is 377 g/mol. The molecule has 0 aliphatic carbocycles. The number of likely N-dealkylation sites (tertiary alicyclic amines) is 1. The zero-order valence-corrected chi connectivity index (χ0v) is 17.4. The number of ether oxygens (including phenoxy) is 2. The third-order valence-corrected chi connectivity index (χ3v) is 5.07. The van der Waals surface area contributed by atoms with E-state index in [4.69, 9.17) is 9.47 Å². The SMILES string of the molecule is CC1CCC([N+](C)(C)C(=O)OC(C)(C)C)CN1C(=O)OCc1ccccc1. The minimum Gasteiger partial charge on any atom is -0.445 e. The number of piperidine rings is 1. The fourth-order valence-corrected chi connectivity index (χ4v) is 3.20. The van der Waals surface area contributed by atoms with Crippen LogP contribution in [0.15, 0.2) is 30.3 Å². The minimum absolute atomic E-state index is 0.0275. The number of nitrogens with zero attached hydrogens (tertiary/aromatic N) is 2. The molecule has 1 fully saturated rings. The second-order valence-electron chi connectivity index (χ2n) is 8.79. The quantitative estimate of drug-likeness (QED) is 0.741. The highest BCUT2D eigenvalue weighted by Gasteiger charge is 2.44. The molecule has 1 aromatic carbocycles. The minimum atomic E-state index is -0.539. The van der Waals surface area contributed by atoms with E-state index in [1.807, 2.05) is 72.1 Å². The Kier molecular flexibility index (Phi) is 6.52. The van der Waals surface area contributed by atoms with Crippen LogP contribution in [0.5, 0.6) is 0 Å². The second-order valence-corrected chi connectivity index (χ2v) is 8.79. The number of carbonyl (C=O) groups is 2. The van der Waals surface area contributed by atoms with Gasteiger partial charge in [0.2, 0.25) is 0 Å². The van der Waals surface area contributed by atoms with Crippen LogP contribution in [0.3, 0.4) is 0 Å². The zero-order valence-electron chi connectivity index (χ0n) is 17.4. The van der Waals surface area contributed by atoms with Crippen molar-refractivity contribution >= 4 is 12.2 Å². The van der Waals surface area contributed by atoms with Gasteiger partial charge in [-0.05, 0) is 39.7 Å². The maximum absolute atomic E-state index is 12.7. The fraction of sp³-hybridized carbons (Fsp3) is 0.619. The van der Waals surface area contributed by atoms with E-state index < -0.39 is 5.60 Å². The van der Waals surface area contributed by atoms with Crippen molar-refractivity contribution in [2.45, 2.75) is 64.8 Å². The van der Waals surface area contributed by atoms with Gasteiger partial charge in [-0.3, -0.25) is 4.90 Å². The summed E-state index contributed by atoms with van der Waals surface area (Å²) in [4.78, 5) is 27.0. The first-order valence-electron chi connectivity index (χ1n) is 9.55. The number of carbonyl (C=O) groups excluding carboxylic acids is 2. The van der Waals surface area contributed by atoms with Crippen molar-refractivity contribution < 1.29 is 23.5 Å².